The molecule has 0 spiro atoms. The van der Waals surface area contributed by atoms with Crippen molar-refractivity contribution in [2.75, 3.05) is 5.32 Å². The predicted octanol–water partition coefficient (Wildman–Crippen LogP) is 4.32. The monoisotopic (exact) mass is 354 g/mol. The summed E-state index contributed by atoms with van der Waals surface area (Å²) in [5.74, 6) is 0.779. The van der Waals surface area contributed by atoms with Crippen molar-refractivity contribution in [1.82, 2.24) is 15.2 Å². The molecule has 0 saturated heterocycles. The molecule has 0 aliphatic rings. The van der Waals surface area contributed by atoms with Crippen molar-refractivity contribution in [2.24, 2.45) is 0 Å². The lowest BCUT2D eigenvalue weighted by molar-refractivity contribution is 0.102. The zero-order valence-corrected chi connectivity index (χ0v) is 14.6. The Bertz CT molecular complexity index is 836. The van der Waals surface area contributed by atoms with Crippen LogP contribution in [0.4, 0.5) is 5.13 Å². The number of carbonyl (C=O) groups is 1. The number of nitrogens with one attached hydrogen (secondary N) is 1. The average Bonchev–Trinajstić information content (AvgIpc) is 3.08. The Labute approximate surface area is 149 Å². The van der Waals surface area contributed by atoms with E-state index in [4.69, 9.17) is 4.74 Å². The molecule has 0 fully saturated rings. The van der Waals surface area contributed by atoms with Crippen molar-refractivity contribution < 1.29 is 9.53 Å². The topological polar surface area (TPSA) is 77.0 Å². The fourth-order valence-electron chi connectivity index (χ4n) is 2.13. The summed E-state index contributed by atoms with van der Waals surface area (Å²) in [6.07, 6.45) is 4.70. The molecule has 3 rings (SSSR count). The van der Waals surface area contributed by atoms with Gasteiger partial charge in [-0.2, -0.15) is 0 Å². The number of unbranched alkanes of at least 4 members (excludes halogenated alkanes) is 1. The lowest BCUT2D eigenvalue weighted by Crippen LogP contribution is -2.11. The van der Waals surface area contributed by atoms with Gasteiger partial charge < -0.3 is 4.74 Å². The minimum Gasteiger partial charge on any atom is -0.439 e. The summed E-state index contributed by atoms with van der Waals surface area (Å²) in [7, 11) is 0. The molecule has 1 amide bonds. The molecule has 2 aromatic heterocycles. The van der Waals surface area contributed by atoms with Crippen molar-refractivity contribution in [3.8, 4) is 11.6 Å². The van der Waals surface area contributed by atoms with Gasteiger partial charge in [-0.1, -0.05) is 36.8 Å². The van der Waals surface area contributed by atoms with E-state index in [-0.39, 0.29) is 5.91 Å². The van der Waals surface area contributed by atoms with E-state index in [0.29, 0.717) is 22.3 Å². The molecule has 0 radical (unpaired) electrons. The first-order chi connectivity index (χ1) is 12.2. The van der Waals surface area contributed by atoms with Crippen LogP contribution in [0, 0.1) is 0 Å². The number of aryl methyl sites for hydroxylation is 1. The number of anilines is 1. The number of pyridine rings is 1. The van der Waals surface area contributed by atoms with Crippen LogP contribution in [-0.4, -0.2) is 21.1 Å². The summed E-state index contributed by atoms with van der Waals surface area (Å²) in [4.78, 5) is 16.5. The summed E-state index contributed by atoms with van der Waals surface area (Å²) in [6.45, 7) is 2.13. The SMILES string of the molecule is CCCCc1nnc(NC(=O)c2cccc(Oc3ccccn3)c2)s1. The number of carbonyl (C=O) groups excluding carboxylic acids is 1. The van der Waals surface area contributed by atoms with Crippen LogP contribution in [0.1, 0.15) is 35.1 Å². The molecule has 25 heavy (non-hydrogen) atoms. The molecule has 0 atom stereocenters. The summed E-state index contributed by atoms with van der Waals surface area (Å²) in [5.41, 5.74) is 0.485. The molecule has 1 N–H and O–H groups in total. The molecule has 0 saturated carbocycles. The fraction of sp³-hybridized carbons (Fsp3) is 0.222. The lowest BCUT2D eigenvalue weighted by Gasteiger charge is -2.06. The highest BCUT2D eigenvalue weighted by Crippen LogP contribution is 2.22. The van der Waals surface area contributed by atoms with Gasteiger partial charge in [0.2, 0.25) is 11.0 Å². The number of amides is 1. The Morgan fingerprint density at radius 3 is 2.92 bits per heavy atom. The minimum absolute atomic E-state index is 0.246. The van der Waals surface area contributed by atoms with E-state index in [1.807, 2.05) is 12.1 Å². The number of aromatic nitrogens is 3. The first-order valence-electron chi connectivity index (χ1n) is 8.07. The molecule has 6 nitrogen and oxygen atoms in total. The zero-order valence-electron chi connectivity index (χ0n) is 13.8. The Morgan fingerprint density at radius 2 is 2.12 bits per heavy atom. The molecule has 0 aliphatic carbocycles. The average molecular weight is 354 g/mol. The van der Waals surface area contributed by atoms with Gasteiger partial charge in [-0.3, -0.25) is 10.1 Å². The van der Waals surface area contributed by atoms with Crippen LogP contribution >= 0.6 is 11.3 Å². The maximum Gasteiger partial charge on any atom is 0.257 e. The Balaban J connectivity index is 1.66. The molecule has 0 aliphatic heterocycles. The molecular weight excluding hydrogens is 336 g/mol. The van der Waals surface area contributed by atoms with Gasteiger partial charge in [-0.25, -0.2) is 4.98 Å². The van der Waals surface area contributed by atoms with Gasteiger partial charge in [0.05, 0.1) is 0 Å². The molecule has 1 aromatic carbocycles. The van der Waals surface area contributed by atoms with E-state index in [1.54, 1.807) is 36.5 Å². The molecule has 3 aromatic rings. The van der Waals surface area contributed by atoms with Crippen LogP contribution in [0.2, 0.25) is 0 Å². The van der Waals surface area contributed by atoms with Crippen LogP contribution in [0.15, 0.2) is 48.7 Å². The molecular formula is C18H18N4O2S. The maximum atomic E-state index is 12.4. The van der Waals surface area contributed by atoms with Crippen molar-refractivity contribution in [1.29, 1.82) is 0 Å². The third-order valence-electron chi connectivity index (χ3n) is 3.39. The third-order valence-corrected chi connectivity index (χ3v) is 4.29. The molecule has 0 bridgehead atoms. The number of ether oxygens (including phenoxy) is 1. The number of nitrogens with zero attached hydrogens (tertiary/aromatic N) is 3. The lowest BCUT2D eigenvalue weighted by atomic mass is 10.2. The number of rotatable bonds is 7. The highest BCUT2D eigenvalue weighted by molar-refractivity contribution is 7.15. The standard InChI is InChI=1S/C18H18N4O2S/c1-2-3-10-16-21-22-18(25-16)20-17(23)13-7-6-8-14(12-13)24-15-9-4-5-11-19-15/h4-9,11-12H,2-3,10H2,1H3,(H,20,22,23). The van der Waals surface area contributed by atoms with Gasteiger partial charge in [0.1, 0.15) is 10.8 Å². The molecule has 7 heteroatoms. The highest BCUT2D eigenvalue weighted by atomic mass is 32.1. The van der Waals surface area contributed by atoms with E-state index in [0.717, 1.165) is 24.3 Å². The molecule has 2 heterocycles. The Hall–Kier alpha value is -2.80. The number of hydrogen-bond donors (Lipinski definition) is 1. The normalized spacial score (nSPS) is 10.4. The van der Waals surface area contributed by atoms with E-state index >= 15 is 0 Å². The van der Waals surface area contributed by atoms with Crippen LogP contribution < -0.4 is 10.1 Å². The quantitative estimate of drug-likeness (QED) is 0.684. The van der Waals surface area contributed by atoms with E-state index < -0.39 is 0 Å². The molecule has 0 unspecified atom stereocenters. The van der Waals surface area contributed by atoms with Crippen LogP contribution in [0.5, 0.6) is 11.6 Å². The Morgan fingerprint density at radius 1 is 1.20 bits per heavy atom. The summed E-state index contributed by atoms with van der Waals surface area (Å²) >= 11 is 1.41. The Kier molecular flexibility index (Phi) is 5.69. The van der Waals surface area contributed by atoms with Gasteiger partial charge in [0.15, 0.2) is 0 Å². The van der Waals surface area contributed by atoms with Crippen LogP contribution in [-0.2, 0) is 6.42 Å². The van der Waals surface area contributed by atoms with Crippen LogP contribution in [0.3, 0.4) is 0 Å². The maximum absolute atomic E-state index is 12.4. The first-order valence-corrected chi connectivity index (χ1v) is 8.89. The second-order valence-corrected chi connectivity index (χ2v) is 6.42. The van der Waals surface area contributed by atoms with Crippen LogP contribution in [0.25, 0.3) is 0 Å². The highest BCUT2D eigenvalue weighted by Gasteiger charge is 2.11. The smallest absolute Gasteiger partial charge is 0.257 e. The number of benzene rings is 1. The van der Waals surface area contributed by atoms with Gasteiger partial charge in [-0.15, -0.1) is 10.2 Å². The second kappa shape index (κ2) is 8.34. The van der Waals surface area contributed by atoms with Gasteiger partial charge in [0.25, 0.3) is 5.91 Å². The zero-order chi connectivity index (χ0) is 17.5. The van der Waals surface area contributed by atoms with Gasteiger partial charge >= 0.3 is 0 Å². The minimum atomic E-state index is -0.246. The van der Waals surface area contributed by atoms with E-state index in [2.05, 4.69) is 27.4 Å². The first kappa shape index (κ1) is 17.0. The summed E-state index contributed by atoms with van der Waals surface area (Å²) in [5, 5.41) is 12.3. The molecule has 128 valence electrons. The van der Waals surface area contributed by atoms with E-state index in [9.17, 15) is 4.79 Å². The number of hydrogen-bond acceptors (Lipinski definition) is 6. The van der Waals surface area contributed by atoms with Crippen molar-refractivity contribution >= 4 is 22.4 Å². The fourth-order valence-corrected chi connectivity index (χ4v) is 2.91. The predicted molar refractivity (Wildman–Crippen MR) is 97.2 cm³/mol. The van der Waals surface area contributed by atoms with Crippen molar-refractivity contribution in [2.45, 2.75) is 26.2 Å². The largest absolute Gasteiger partial charge is 0.439 e. The van der Waals surface area contributed by atoms with Crippen molar-refractivity contribution in [3.63, 3.8) is 0 Å². The van der Waals surface area contributed by atoms with Gasteiger partial charge in [0, 0.05) is 24.2 Å². The second-order valence-electron chi connectivity index (χ2n) is 5.36. The summed E-state index contributed by atoms with van der Waals surface area (Å²) in [6, 6.07) is 12.3. The summed E-state index contributed by atoms with van der Waals surface area (Å²) < 4.78 is 5.65. The van der Waals surface area contributed by atoms with Crippen molar-refractivity contribution in [3.05, 3.63) is 59.2 Å². The third kappa shape index (κ3) is 4.84. The van der Waals surface area contributed by atoms with E-state index in [1.165, 1.54) is 11.3 Å². The van der Waals surface area contributed by atoms with Gasteiger partial charge in [-0.05, 0) is 30.7 Å².